The van der Waals surface area contributed by atoms with Gasteiger partial charge in [0.25, 0.3) is 0 Å². The predicted octanol–water partition coefficient (Wildman–Crippen LogP) is 3.69. The molecule has 174 valence electrons. The van der Waals surface area contributed by atoms with Gasteiger partial charge in [0.2, 0.25) is 5.91 Å². The molecular formula is C26H34N6O. The molecule has 0 radical (unpaired) electrons. The number of aromatic nitrogens is 3. The van der Waals surface area contributed by atoms with Crippen LogP contribution in [0.4, 0.5) is 5.82 Å². The van der Waals surface area contributed by atoms with E-state index >= 15 is 0 Å². The van der Waals surface area contributed by atoms with Gasteiger partial charge in [-0.2, -0.15) is 0 Å². The Morgan fingerprint density at radius 3 is 2.39 bits per heavy atom. The SMILES string of the molecule is Cc1ncc(-c2ccc3cnc(NC(=O)[C@H]4CC[C@H](N5CCN(C)CC5)CC4)cc3c2)n1C. The second kappa shape index (κ2) is 9.23. The molecule has 1 aliphatic heterocycles. The fourth-order valence-corrected chi connectivity index (χ4v) is 5.26. The maximum atomic E-state index is 13.0. The molecule has 5 rings (SSSR count). The summed E-state index contributed by atoms with van der Waals surface area (Å²) in [6.45, 7) is 6.60. The molecule has 1 saturated heterocycles. The van der Waals surface area contributed by atoms with E-state index < -0.39 is 0 Å². The standard InChI is InChI=1S/C26H34N6O/c1-18-27-17-24(31(18)3)20-4-5-21-16-28-25(15-22(21)14-20)29-26(33)19-6-8-23(9-7-19)32-12-10-30(2)11-13-32/h4-5,14-17,19,23H,6-13H2,1-3H3,(H,28,29,33)/t19-,23-. The number of imidazole rings is 1. The van der Waals surface area contributed by atoms with Crippen molar-refractivity contribution in [1.82, 2.24) is 24.3 Å². The Labute approximate surface area is 195 Å². The molecule has 1 N–H and O–H groups in total. The predicted molar refractivity (Wildman–Crippen MR) is 132 cm³/mol. The quantitative estimate of drug-likeness (QED) is 0.662. The molecule has 2 fully saturated rings. The van der Waals surface area contributed by atoms with Gasteiger partial charge in [-0.1, -0.05) is 12.1 Å². The van der Waals surface area contributed by atoms with Crippen molar-refractivity contribution in [2.24, 2.45) is 13.0 Å². The maximum Gasteiger partial charge on any atom is 0.228 e. The van der Waals surface area contributed by atoms with Crippen LogP contribution in [0.1, 0.15) is 31.5 Å². The van der Waals surface area contributed by atoms with E-state index in [1.165, 1.54) is 0 Å². The van der Waals surface area contributed by atoms with E-state index in [2.05, 4.69) is 54.9 Å². The van der Waals surface area contributed by atoms with Gasteiger partial charge in [0.05, 0.1) is 11.9 Å². The third-order valence-electron chi connectivity index (χ3n) is 7.61. The molecule has 7 nitrogen and oxygen atoms in total. The molecule has 1 saturated carbocycles. The van der Waals surface area contributed by atoms with Gasteiger partial charge in [0.15, 0.2) is 0 Å². The molecule has 0 bridgehead atoms. The Kier molecular flexibility index (Phi) is 6.17. The van der Waals surface area contributed by atoms with Gasteiger partial charge in [-0.05, 0) is 57.2 Å². The van der Waals surface area contributed by atoms with Crippen LogP contribution >= 0.6 is 0 Å². The highest BCUT2D eigenvalue weighted by Gasteiger charge is 2.30. The summed E-state index contributed by atoms with van der Waals surface area (Å²) in [5.74, 6) is 1.80. The van der Waals surface area contributed by atoms with Gasteiger partial charge < -0.3 is 14.8 Å². The molecule has 0 atom stereocenters. The molecule has 2 aliphatic rings. The van der Waals surface area contributed by atoms with E-state index in [1.807, 2.05) is 32.4 Å². The summed E-state index contributed by atoms with van der Waals surface area (Å²) in [7, 11) is 4.22. The Balaban J connectivity index is 1.23. The van der Waals surface area contributed by atoms with Crippen LogP contribution in [0.25, 0.3) is 22.0 Å². The first-order valence-electron chi connectivity index (χ1n) is 12.1. The van der Waals surface area contributed by atoms with Gasteiger partial charge >= 0.3 is 0 Å². The summed E-state index contributed by atoms with van der Waals surface area (Å²) in [5.41, 5.74) is 2.19. The molecule has 2 aromatic heterocycles. The number of benzene rings is 1. The Morgan fingerprint density at radius 1 is 0.939 bits per heavy atom. The monoisotopic (exact) mass is 446 g/mol. The van der Waals surface area contributed by atoms with Crippen molar-refractivity contribution in [2.75, 3.05) is 38.5 Å². The van der Waals surface area contributed by atoms with E-state index in [9.17, 15) is 4.79 Å². The second-order valence-corrected chi connectivity index (χ2v) is 9.72. The van der Waals surface area contributed by atoms with E-state index in [0.29, 0.717) is 11.9 Å². The van der Waals surface area contributed by atoms with Crippen LogP contribution in [0.3, 0.4) is 0 Å². The van der Waals surface area contributed by atoms with Gasteiger partial charge in [0.1, 0.15) is 11.6 Å². The molecule has 33 heavy (non-hydrogen) atoms. The van der Waals surface area contributed by atoms with Crippen molar-refractivity contribution in [1.29, 1.82) is 0 Å². The summed E-state index contributed by atoms with van der Waals surface area (Å²) in [5, 5.41) is 5.21. The van der Waals surface area contributed by atoms with Gasteiger partial charge in [-0.3, -0.25) is 9.69 Å². The van der Waals surface area contributed by atoms with E-state index in [-0.39, 0.29) is 11.8 Å². The number of amides is 1. The Hall–Kier alpha value is -2.77. The van der Waals surface area contributed by atoms with Gasteiger partial charge in [-0.15, -0.1) is 0 Å². The first kappa shape index (κ1) is 22.0. The average Bonchev–Trinajstić information content (AvgIpc) is 3.17. The summed E-state index contributed by atoms with van der Waals surface area (Å²) in [6, 6.07) is 8.93. The van der Waals surface area contributed by atoms with Crippen molar-refractivity contribution in [3.05, 3.63) is 42.5 Å². The van der Waals surface area contributed by atoms with Crippen LogP contribution in [0.5, 0.6) is 0 Å². The maximum absolute atomic E-state index is 13.0. The van der Waals surface area contributed by atoms with E-state index in [0.717, 1.165) is 79.7 Å². The lowest BCUT2D eigenvalue weighted by atomic mass is 9.84. The number of nitrogens with zero attached hydrogens (tertiary/aromatic N) is 5. The van der Waals surface area contributed by atoms with Crippen LogP contribution in [-0.4, -0.2) is 69.5 Å². The summed E-state index contributed by atoms with van der Waals surface area (Å²) in [6.07, 6.45) is 7.88. The lowest BCUT2D eigenvalue weighted by Gasteiger charge is -2.40. The van der Waals surface area contributed by atoms with Gasteiger partial charge in [0, 0.05) is 62.3 Å². The number of nitrogens with one attached hydrogen (secondary N) is 1. The summed E-state index contributed by atoms with van der Waals surface area (Å²) < 4.78 is 2.09. The lowest BCUT2D eigenvalue weighted by molar-refractivity contribution is -0.121. The topological polar surface area (TPSA) is 66.3 Å². The zero-order valence-corrected chi connectivity index (χ0v) is 19.9. The van der Waals surface area contributed by atoms with Gasteiger partial charge in [-0.25, -0.2) is 9.97 Å². The number of carbonyl (C=O) groups excluding carboxylic acids is 1. The fraction of sp³-hybridized carbons (Fsp3) is 0.500. The Morgan fingerprint density at radius 2 is 1.70 bits per heavy atom. The lowest BCUT2D eigenvalue weighted by Crippen LogP contribution is -2.50. The third kappa shape index (κ3) is 4.66. The highest BCUT2D eigenvalue weighted by atomic mass is 16.1. The highest BCUT2D eigenvalue weighted by Crippen LogP contribution is 2.30. The smallest absolute Gasteiger partial charge is 0.228 e. The number of hydrogen-bond acceptors (Lipinski definition) is 5. The zero-order valence-electron chi connectivity index (χ0n) is 19.9. The average molecular weight is 447 g/mol. The first-order chi connectivity index (χ1) is 16.0. The van der Waals surface area contributed by atoms with Crippen LogP contribution in [0.2, 0.25) is 0 Å². The number of aryl methyl sites for hydroxylation is 1. The molecule has 3 aromatic rings. The van der Waals surface area contributed by atoms with Crippen LogP contribution in [0, 0.1) is 12.8 Å². The molecule has 1 amide bonds. The minimum atomic E-state index is 0.0787. The fourth-order valence-electron chi connectivity index (χ4n) is 5.26. The molecule has 0 spiro atoms. The number of carbonyl (C=O) groups is 1. The number of hydrogen-bond donors (Lipinski definition) is 1. The summed E-state index contributed by atoms with van der Waals surface area (Å²) in [4.78, 5) is 26.9. The Bertz CT molecular complexity index is 1140. The molecule has 1 aromatic carbocycles. The van der Waals surface area contributed by atoms with Crippen molar-refractivity contribution in [2.45, 2.75) is 38.6 Å². The molecular weight excluding hydrogens is 412 g/mol. The van der Waals surface area contributed by atoms with Crippen LogP contribution < -0.4 is 5.32 Å². The van der Waals surface area contributed by atoms with Crippen LogP contribution in [-0.2, 0) is 11.8 Å². The molecule has 7 heteroatoms. The van der Waals surface area contributed by atoms with E-state index in [1.54, 1.807) is 0 Å². The van der Waals surface area contributed by atoms with Crippen molar-refractivity contribution >= 4 is 22.5 Å². The molecule has 1 aliphatic carbocycles. The number of fused-ring (bicyclic) bond motifs is 1. The number of anilines is 1. The summed E-state index contributed by atoms with van der Waals surface area (Å²) >= 11 is 0. The van der Waals surface area contributed by atoms with Crippen molar-refractivity contribution in [3.63, 3.8) is 0 Å². The minimum absolute atomic E-state index is 0.0787. The highest BCUT2D eigenvalue weighted by molar-refractivity contribution is 5.95. The number of rotatable bonds is 4. The number of pyridine rings is 1. The van der Waals surface area contributed by atoms with E-state index in [4.69, 9.17) is 0 Å². The number of likely N-dealkylation sites (N-methyl/N-ethyl adjacent to an activating group) is 1. The number of piperazine rings is 1. The van der Waals surface area contributed by atoms with Crippen LogP contribution in [0.15, 0.2) is 36.7 Å². The second-order valence-electron chi connectivity index (χ2n) is 9.72. The largest absolute Gasteiger partial charge is 0.331 e. The molecule has 3 heterocycles. The first-order valence-corrected chi connectivity index (χ1v) is 12.1. The third-order valence-corrected chi connectivity index (χ3v) is 7.61. The zero-order chi connectivity index (χ0) is 22.9. The van der Waals surface area contributed by atoms with Crippen molar-refractivity contribution in [3.8, 4) is 11.3 Å². The minimum Gasteiger partial charge on any atom is -0.331 e. The normalized spacial score (nSPS) is 22.5. The molecule has 0 unspecified atom stereocenters. The van der Waals surface area contributed by atoms with Crippen molar-refractivity contribution < 1.29 is 4.79 Å².